The molecule has 0 spiro atoms. The lowest BCUT2D eigenvalue weighted by Crippen LogP contribution is -2.29. The zero-order valence-corrected chi connectivity index (χ0v) is 11.8. The molecule has 0 unspecified atom stereocenters. The van der Waals surface area contributed by atoms with Crippen LogP contribution in [0, 0.1) is 12.7 Å². The van der Waals surface area contributed by atoms with Gasteiger partial charge in [-0.05, 0) is 25.1 Å². The quantitative estimate of drug-likeness (QED) is 0.837. The van der Waals surface area contributed by atoms with Crippen LogP contribution in [-0.2, 0) is 9.59 Å². The molecule has 1 aromatic heterocycles. The summed E-state index contributed by atoms with van der Waals surface area (Å²) in [5, 5.41) is 6.61. The first kappa shape index (κ1) is 14.4. The van der Waals surface area contributed by atoms with Crippen molar-refractivity contribution in [2.24, 2.45) is 0 Å². The van der Waals surface area contributed by atoms with Crippen LogP contribution in [0.3, 0.4) is 0 Å². The molecule has 2 aromatic rings. The van der Waals surface area contributed by atoms with Crippen LogP contribution >= 0.6 is 22.9 Å². The highest BCUT2D eigenvalue weighted by Gasteiger charge is 2.16. The smallest absolute Gasteiger partial charge is 0.315 e. The van der Waals surface area contributed by atoms with Crippen LogP contribution in [-0.4, -0.2) is 16.8 Å². The topological polar surface area (TPSA) is 71.1 Å². The van der Waals surface area contributed by atoms with Crippen LogP contribution in [0.4, 0.5) is 15.2 Å². The monoisotopic (exact) mass is 313 g/mol. The van der Waals surface area contributed by atoms with E-state index in [1.807, 2.05) is 0 Å². The van der Waals surface area contributed by atoms with Crippen molar-refractivity contribution in [1.82, 2.24) is 4.98 Å². The number of hydrogen-bond donors (Lipinski definition) is 2. The number of carbonyl (C=O) groups is 2. The molecule has 2 N–H and O–H groups in total. The maximum absolute atomic E-state index is 13.0. The van der Waals surface area contributed by atoms with Gasteiger partial charge >= 0.3 is 11.8 Å². The van der Waals surface area contributed by atoms with Crippen LogP contribution in [0.15, 0.2) is 23.6 Å². The Bertz CT molecular complexity index is 674. The lowest BCUT2D eigenvalue weighted by Gasteiger charge is -2.05. The van der Waals surface area contributed by atoms with Crippen LogP contribution in [0.5, 0.6) is 0 Å². The highest BCUT2D eigenvalue weighted by Crippen LogP contribution is 2.19. The highest BCUT2D eigenvalue weighted by atomic mass is 35.5. The number of aromatic nitrogens is 1. The lowest BCUT2D eigenvalue weighted by atomic mass is 10.3. The normalized spacial score (nSPS) is 10.2. The maximum atomic E-state index is 13.0. The second kappa shape index (κ2) is 5.98. The molecule has 20 heavy (non-hydrogen) atoms. The van der Waals surface area contributed by atoms with E-state index in [0.29, 0.717) is 5.13 Å². The number of aryl methyl sites for hydroxylation is 1. The van der Waals surface area contributed by atoms with Crippen molar-refractivity contribution >= 4 is 45.6 Å². The third-order valence-electron chi connectivity index (χ3n) is 2.22. The summed E-state index contributed by atoms with van der Waals surface area (Å²) in [7, 11) is 0. The highest BCUT2D eigenvalue weighted by molar-refractivity contribution is 7.14. The van der Waals surface area contributed by atoms with E-state index in [2.05, 4.69) is 15.6 Å². The summed E-state index contributed by atoms with van der Waals surface area (Å²) in [6.45, 7) is 1.77. The summed E-state index contributed by atoms with van der Waals surface area (Å²) in [6, 6.07) is 3.62. The van der Waals surface area contributed by atoms with E-state index in [9.17, 15) is 14.0 Å². The fourth-order valence-electron chi connectivity index (χ4n) is 1.33. The van der Waals surface area contributed by atoms with Gasteiger partial charge in [0.05, 0.1) is 10.7 Å². The molecule has 0 radical (unpaired) electrons. The van der Waals surface area contributed by atoms with Crippen molar-refractivity contribution in [2.45, 2.75) is 6.92 Å². The molecule has 1 heterocycles. The fraction of sp³-hybridized carbons (Fsp3) is 0.0833. The molecule has 2 rings (SSSR count). The van der Waals surface area contributed by atoms with Crippen molar-refractivity contribution in [3.63, 3.8) is 0 Å². The van der Waals surface area contributed by atoms with Gasteiger partial charge in [-0.3, -0.25) is 14.9 Å². The Kier molecular flexibility index (Phi) is 4.31. The summed E-state index contributed by atoms with van der Waals surface area (Å²) >= 11 is 6.79. The van der Waals surface area contributed by atoms with Crippen LogP contribution < -0.4 is 10.6 Å². The molecular formula is C12H9ClFN3O2S. The number of hydrogen-bond acceptors (Lipinski definition) is 4. The Labute approximate surface area is 122 Å². The minimum atomic E-state index is -0.888. The number of thiazole rings is 1. The number of nitrogens with zero attached hydrogens (tertiary/aromatic N) is 1. The molecule has 0 aliphatic carbocycles. The van der Waals surface area contributed by atoms with E-state index in [-0.39, 0.29) is 10.7 Å². The van der Waals surface area contributed by atoms with E-state index in [1.165, 1.54) is 23.5 Å². The predicted octanol–water partition coefficient (Wildman–Crippen LogP) is 2.82. The SMILES string of the molecule is Cc1csc(NC(=O)C(=O)Nc2ccc(F)c(Cl)c2)n1. The lowest BCUT2D eigenvalue weighted by molar-refractivity contribution is -0.132. The number of rotatable bonds is 2. The van der Waals surface area contributed by atoms with E-state index in [1.54, 1.807) is 12.3 Å². The number of benzene rings is 1. The van der Waals surface area contributed by atoms with Gasteiger partial charge in [-0.1, -0.05) is 11.6 Å². The van der Waals surface area contributed by atoms with Crippen molar-refractivity contribution in [3.05, 3.63) is 40.1 Å². The van der Waals surface area contributed by atoms with Gasteiger partial charge in [0.2, 0.25) is 0 Å². The van der Waals surface area contributed by atoms with Gasteiger partial charge in [-0.25, -0.2) is 9.37 Å². The molecule has 2 amide bonds. The van der Waals surface area contributed by atoms with E-state index in [4.69, 9.17) is 11.6 Å². The first-order valence-corrected chi connectivity index (χ1v) is 6.71. The molecule has 5 nitrogen and oxygen atoms in total. The molecule has 0 saturated heterocycles. The largest absolute Gasteiger partial charge is 0.318 e. The fourth-order valence-corrected chi connectivity index (χ4v) is 2.19. The average Bonchev–Trinajstić information content (AvgIpc) is 2.79. The zero-order valence-electron chi connectivity index (χ0n) is 10.2. The Balaban J connectivity index is 2.00. The Morgan fingerprint density at radius 1 is 1.30 bits per heavy atom. The van der Waals surface area contributed by atoms with Crippen molar-refractivity contribution in [2.75, 3.05) is 10.6 Å². The van der Waals surface area contributed by atoms with Gasteiger partial charge in [-0.2, -0.15) is 0 Å². The van der Waals surface area contributed by atoms with Crippen LogP contribution in [0.1, 0.15) is 5.69 Å². The molecule has 8 heteroatoms. The summed E-state index contributed by atoms with van der Waals surface area (Å²) in [5.41, 5.74) is 0.975. The molecule has 1 aromatic carbocycles. The summed E-state index contributed by atoms with van der Waals surface area (Å²) in [5.74, 6) is -2.35. The molecule has 0 atom stereocenters. The molecule has 0 aliphatic rings. The summed E-state index contributed by atoms with van der Waals surface area (Å²) < 4.78 is 13.0. The Hall–Kier alpha value is -1.99. The maximum Gasteiger partial charge on any atom is 0.315 e. The van der Waals surface area contributed by atoms with Gasteiger partial charge in [-0.15, -0.1) is 11.3 Å². The van der Waals surface area contributed by atoms with Gasteiger partial charge in [0.15, 0.2) is 5.13 Å². The van der Waals surface area contributed by atoms with Crippen LogP contribution in [0.25, 0.3) is 0 Å². The number of halogens is 2. The molecule has 0 fully saturated rings. The second-order valence-corrected chi connectivity index (χ2v) is 5.10. The number of nitrogens with one attached hydrogen (secondary N) is 2. The van der Waals surface area contributed by atoms with Crippen molar-refractivity contribution in [1.29, 1.82) is 0 Å². The molecular weight excluding hydrogens is 305 g/mol. The zero-order chi connectivity index (χ0) is 14.7. The first-order chi connectivity index (χ1) is 9.45. The summed E-state index contributed by atoms with van der Waals surface area (Å²) in [6.07, 6.45) is 0. The standard InChI is InChI=1S/C12H9ClFN3O2S/c1-6-5-20-12(15-6)17-11(19)10(18)16-7-2-3-9(14)8(13)4-7/h2-5H,1H3,(H,16,18)(H,15,17,19). The molecule has 0 bridgehead atoms. The molecule has 0 saturated carbocycles. The molecule has 0 aliphatic heterocycles. The first-order valence-electron chi connectivity index (χ1n) is 5.45. The predicted molar refractivity (Wildman–Crippen MR) is 75.5 cm³/mol. The van der Waals surface area contributed by atoms with E-state index in [0.717, 1.165) is 11.8 Å². The van der Waals surface area contributed by atoms with Crippen LogP contribution in [0.2, 0.25) is 5.02 Å². The van der Waals surface area contributed by atoms with Crippen molar-refractivity contribution < 1.29 is 14.0 Å². The number of anilines is 2. The third kappa shape index (κ3) is 3.52. The Morgan fingerprint density at radius 3 is 2.60 bits per heavy atom. The van der Waals surface area contributed by atoms with E-state index >= 15 is 0 Å². The van der Waals surface area contributed by atoms with Crippen molar-refractivity contribution in [3.8, 4) is 0 Å². The second-order valence-electron chi connectivity index (χ2n) is 3.83. The third-order valence-corrected chi connectivity index (χ3v) is 3.39. The average molecular weight is 314 g/mol. The summed E-state index contributed by atoms with van der Waals surface area (Å²) in [4.78, 5) is 27.3. The van der Waals surface area contributed by atoms with Gasteiger partial charge < -0.3 is 5.32 Å². The Morgan fingerprint density at radius 2 is 2.00 bits per heavy atom. The molecule has 104 valence electrons. The van der Waals surface area contributed by atoms with Gasteiger partial charge in [0.1, 0.15) is 5.82 Å². The van der Waals surface area contributed by atoms with Gasteiger partial charge in [0.25, 0.3) is 0 Å². The number of carbonyl (C=O) groups excluding carboxylic acids is 2. The minimum Gasteiger partial charge on any atom is -0.318 e. The van der Waals surface area contributed by atoms with Gasteiger partial charge in [0, 0.05) is 11.1 Å². The minimum absolute atomic E-state index is 0.140. The number of amides is 2. The van der Waals surface area contributed by atoms with E-state index < -0.39 is 17.6 Å².